The number of hydrogen-bond donors (Lipinski definition) is 0. The summed E-state index contributed by atoms with van der Waals surface area (Å²) in [5, 5.41) is 5.00. The molecule has 0 fully saturated rings. The molecule has 13 rings (SSSR count). The number of nitrogens with zero attached hydrogens (tertiary/aromatic N) is 2. The molecule has 0 amide bonds. The topological polar surface area (TPSA) is 8.17 Å². The van der Waals surface area contributed by atoms with E-state index in [-0.39, 0.29) is 0 Å². The van der Waals surface area contributed by atoms with Crippen molar-refractivity contribution >= 4 is 55.2 Å². The van der Waals surface area contributed by atoms with E-state index in [0.29, 0.717) is 0 Å². The van der Waals surface area contributed by atoms with Crippen molar-refractivity contribution in [3.05, 3.63) is 334 Å². The van der Waals surface area contributed by atoms with E-state index < -0.39 is 0 Å². The molecule has 0 unspecified atom stereocenters. The smallest absolute Gasteiger partial charge is 0.0541 e. The number of benzene rings is 12. The molecule has 2 heteroatoms. The molecule has 0 atom stereocenters. The molecule has 0 aliphatic heterocycles. The zero-order valence-electron chi connectivity index (χ0n) is 43.3. The Bertz CT molecular complexity index is 4210. The van der Waals surface area contributed by atoms with Crippen molar-refractivity contribution in [2.45, 2.75) is 0 Å². The van der Waals surface area contributed by atoms with E-state index >= 15 is 0 Å². The molecule has 0 aliphatic carbocycles. The second-order valence-electron chi connectivity index (χ2n) is 19.4. The van der Waals surface area contributed by atoms with E-state index in [1.165, 1.54) is 93.8 Å². The average molecular weight is 997 g/mol. The van der Waals surface area contributed by atoms with Gasteiger partial charge in [0.15, 0.2) is 0 Å². The monoisotopic (exact) mass is 996 g/mol. The summed E-state index contributed by atoms with van der Waals surface area (Å²) in [4.78, 5) is 2.35. The van der Waals surface area contributed by atoms with Crippen molar-refractivity contribution in [3.8, 4) is 61.3 Å². The summed E-state index contributed by atoms with van der Waals surface area (Å²) in [5.74, 6) is 0. The molecule has 0 N–H and O–H groups in total. The number of fused-ring (bicyclic) bond motifs is 4. The Morgan fingerprint density at radius 1 is 0.308 bits per heavy atom. The number of aromatic nitrogens is 1. The zero-order chi connectivity index (χ0) is 52.6. The number of para-hydroxylation sites is 1. The highest BCUT2D eigenvalue weighted by atomic mass is 15.1. The van der Waals surface area contributed by atoms with Crippen LogP contribution in [0, 0.1) is 0 Å². The van der Waals surface area contributed by atoms with Gasteiger partial charge in [0, 0.05) is 33.5 Å². The van der Waals surface area contributed by atoms with Crippen molar-refractivity contribution in [3.63, 3.8) is 0 Å². The molecule has 0 bridgehead atoms. The molecule has 1 aromatic heterocycles. The molecular formula is C76H56N2. The van der Waals surface area contributed by atoms with Gasteiger partial charge in [-0.05, 0) is 150 Å². The van der Waals surface area contributed by atoms with Crippen LogP contribution in [0.1, 0.15) is 5.56 Å². The Hall–Kier alpha value is -10.3. The van der Waals surface area contributed by atoms with Gasteiger partial charge in [0.25, 0.3) is 0 Å². The highest BCUT2D eigenvalue weighted by Crippen LogP contribution is 2.40. The first-order chi connectivity index (χ1) is 38.6. The van der Waals surface area contributed by atoms with Crippen LogP contribution in [0.25, 0.3) is 99.5 Å². The van der Waals surface area contributed by atoms with Crippen LogP contribution in [0.2, 0.25) is 0 Å². The van der Waals surface area contributed by atoms with E-state index in [9.17, 15) is 0 Å². The molecule has 0 saturated heterocycles. The predicted molar refractivity (Wildman–Crippen MR) is 335 cm³/mol. The molecule has 0 saturated carbocycles. The molecule has 1 heterocycles. The van der Waals surface area contributed by atoms with Gasteiger partial charge in [0.05, 0.1) is 11.0 Å². The Morgan fingerprint density at radius 3 is 1.22 bits per heavy atom. The third kappa shape index (κ3) is 10.1. The first-order valence-corrected chi connectivity index (χ1v) is 26.5. The van der Waals surface area contributed by atoms with Gasteiger partial charge in [0.2, 0.25) is 0 Å². The zero-order valence-corrected chi connectivity index (χ0v) is 43.3. The van der Waals surface area contributed by atoms with Gasteiger partial charge in [0.1, 0.15) is 0 Å². The van der Waals surface area contributed by atoms with Crippen molar-refractivity contribution in [2.75, 3.05) is 4.90 Å². The Kier molecular flexibility index (Phi) is 13.9. The maximum absolute atomic E-state index is 3.74. The predicted octanol–water partition coefficient (Wildman–Crippen LogP) is 21.2. The lowest BCUT2D eigenvalue weighted by atomic mass is 9.98. The molecular weight excluding hydrogens is 941 g/mol. The van der Waals surface area contributed by atoms with Crippen LogP contribution in [0.15, 0.2) is 329 Å². The second-order valence-corrected chi connectivity index (χ2v) is 19.4. The van der Waals surface area contributed by atoms with Gasteiger partial charge in [-0.3, -0.25) is 0 Å². The van der Waals surface area contributed by atoms with Crippen molar-refractivity contribution < 1.29 is 0 Å². The third-order valence-electron chi connectivity index (χ3n) is 14.6. The van der Waals surface area contributed by atoms with E-state index in [2.05, 4.69) is 302 Å². The summed E-state index contributed by atoms with van der Waals surface area (Å²) in [6.45, 7) is 7.39. The van der Waals surface area contributed by atoms with E-state index in [4.69, 9.17) is 0 Å². The summed E-state index contributed by atoms with van der Waals surface area (Å²) in [5.41, 5.74) is 21.1. The Labute approximate surface area is 457 Å². The first kappa shape index (κ1) is 48.6. The van der Waals surface area contributed by atoms with Gasteiger partial charge in [-0.15, -0.1) is 0 Å². The molecule has 2 nitrogen and oxygen atoms in total. The summed E-state index contributed by atoms with van der Waals surface area (Å²) in [7, 11) is 0. The van der Waals surface area contributed by atoms with Gasteiger partial charge in [-0.1, -0.05) is 256 Å². The van der Waals surface area contributed by atoms with Gasteiger partial charge >= 0.3 is 0 Å². The highest BCUT2D eigenvalue weighted by molar-refractivity contribution is 6.10. The summed E-state index contributed by atoms with van der Waals surface area (Å²) in [6, 6.07) is 107. The number of hydrogen-bond acceptors (Lipinski definition) is 1. The second kappa shape index (κ2) is 22.3. The van der Waals surface area contributed by atoms with Crippen LogP contribution in [-0.4, -0.2) is 4.57 Å². The molecule has 370 valence electrons. The largest absolute Gasteiger partial charge is 0.311 e. The van der Waals surface area contributed by atoms with Crippen LogP contribution in [0.3, 0.4) is 0 Å². The maximum Gasteiger partial charge on any atom is 0.0541 e. The summed E-state index contributed by atoms with van der Waals surface area (Å²) in [6.07, 6.45) is 5.54. The van der Waals surface area contributed by atoms with E-state index in [0.717, 1.165) is 28.3 Å². The standard InChI is InChI=1S/C64H44N2.C12H12/c1-3-11-45(12-4-1)49-25-34-57(35-26-49)65(59-38-31-53(32-39-59)55-24-23-47-15-7-8-16-54(47)43-55)58-36-27-51(28-37-58)48-19-21-52(22-20-48)56-33-42-64-62(44-56)61-17-9-10-18-63(61)66(64)60-40-29-50(30-41-60)46-13-5-2-6-14-46;1-3-8-11(4-2)12-9-6-5-7-10-12/h1-44H;3-10H,1-2H2/b;11-8+. The lowest BCUT2D eigenvalue weighted by molar-refractivity contribution is 1.18. The van der Waals surface area contributed by atoms with Crippen molar-refractivity contribution in [1.82, 2.24) is 4.57 Å². The molecule has 12 aromatic carbocycles. The lowest BCUT2D eigenvalue weighted by Crippen LogP contribution is -2.09. The van der Waals surface area contributed by atoms with Crippen LogP contribution in [0.5, 0.6) is 0 Å². The SMILES string of the molecule is C=C/C=C(\C=C)c1ccccc1.c1ccc(-c2ccc(N(c3ccc(-c4ccc(-c5ccc6c(c5)c5ccccc5n6-c5ccc(-c6ccccc6)cc5)cc4)cc3)c3ccc(-c4ccc5ccccc5c4)cc3)cc2)cc1. The minimum atomic E-state index is 1.10. The highest BCUT2D eigenvalue weighted by Gasteiger charge is 2.16. The van der Waals surface area contributed by atoms with Gasteiger partial charge in [-0.25, -0.2) is 0 Å². The number of anilines is 3. The van der Waals surface area contributed by atoms with E-state index in [1.54, 1.807) is 6.08 Å². The van der Waals surface area contributed by atoms with Crippen LogP contribution >= 0.6 is 0 Å². The van der Waals surface area contributed by atoms with Crippen LogP contribution < -0.4 is 4.90 Å². The molecule has 13 aromatic rings. The maximum atomic E-state index is 3.74. The summed E-state index contributed by atoms with van der Waals surface area (Å²) >= 11 is 0. The van der Waals surface area contributed by atoms with Crippen molar-refractivity contribution in [1.29, 1.82) is 0 Å². The fourth-order valence-corrected chi connectivity index (χ4v) is 10.6. The number of allylic oxidation sites excluding steroid dienone is 4. The normalized spacial score (nSPS) is 11.3. The minimum Gasteiger partial charge on any atom is -0.311 e. The first-order valence-electron chi connectivity index (χ1n) is 26.5. The van der Waals surface area contributed by atoms with E-state index in [1.807, 2.05) is 30.4 Å². The molecule has 0 radical (unpaired) electrons. The minimum absolute atomic E-state index is 1.10. The van der Waals surface area contributed by atoms with Crippen LogP contribution in [-0.2, 0) is 0 Å². The van der Waals surface area contributed by atoms with Gasteiger partial charge in [-0.2, -0.15) is 0 Å². The van der Waals surface area contributed by atoms with Crippen molar-refractivity contribution in [2.24, 2.45) is 0 Å². The Balaban J connectivity index is 0.000000452. The average Bonchev–Trinajstić information content (AvgIpc) is 4.01. The fourth-order valence-electron chi connectivity index (χ4n) is 10.6. The van der Waals surface area contributed by atoms with Crippen LogP contribution in [0.4, 0.5) is 17.1 Å². The Morgan fingerprint density at radius 2 is 0.692 bits per heavy atom. The fraction of sp³-hybridized carbons (Fsp3) is 0. The quantitative estimate of drug-likeness (QED) is 0.111. The number of rotatable bonds is 12. The van der Waals surface area contributed by atoms with Gasteiger partial charge < -0.3 is 9.47 Å². The molecule has 0 spiro atoms. The summed E-state index contributed by atoms with van der Waals surface area (Å²) < 4.78 is 2.39. The molecule has 0 aliphatic rings. The third-order valence-corrected chi connectivity index (χ3v) is 14.6. The lowest BCUT2D eigenvalue weighted by Gasteiger charge is -2.26. The molecule has 78 heavy (non-hydrogen) atoms.